The number of halogens is 2. The summed E-state index contributed by atoms with van der Waals surface area (Å²) in [4.78, 5) is 41.7. The third-order valence-corrected chi connectivity index (χ3v) is 6.45. The highest BCUT2D eigenvalue weighted by atomic mass is 35.5. The van der Waals surface area contributed by atoms with Crippen molar-refractivity contribution < 1.29 is 19.1 Å². The van der Waals surface area contributed by atoms with Gasteiger partial charge in [0.1, 0.15) is 5.82 Å². The summed E-state index contributed by atoms with van der Waals surface area (Å²) in [6.45, 7) is 6.11. The summed E-state index contributed by atoms with van der Waals surface area (Å²) in [7, 11) is 0. The number of carbonyl (C=O) groups excluding carboxylic acids is 3. The molecule has 3 N–H and O–H groups in total. The largest absolute Gasteiger partial charge is 0.462 e. The minimum atomic E-state index is -0.467. The monoisotopic (exact) mass is 563 g/mol. The normalized spacial score (nSPS) is 11.7. The minimum absolute atomic E-state index is 0.0135. The molecular weight excluding hydrogens is 537 g/mol. The van der Waals surface area contributed by atoms with Crippen LogP contribution in [0.2, 0.25) is 10.0 Å². The lowest BCUT2D eigenvalue weighted by Crippen LogP contribution is -2.32. The van der Waals surface area contributed by atoms with Crippen LogP contribution < -0.4 is 10.6 Å². The average molecular weight is 564 g/mol. The van der Waals surface area contributed by atoms with Gasteiger partial charge in [0, 0.05) is 10.7 Å². The second kappa shape index (κ2) is 13.5. The smallest absolute Gasteiger partial charge is 0.338 e. The first-order valence-corrected chi connectivity index (χ1v) is 13.3. The second-order valence-corrected chi connectivity index (χ2v) is 10.2. The van der Waals surface area contributed by atoms with E-state index in [4.69, 9.17) is 27.9 Å². The Morgan fingerprint density at radius 2 is 1.92 bits per heavy atom. The Labute approximate surface area is 229 Å². The molecule has 37 heavy (non-hydrogen) atoms. The van der Waals surface area contributed by atoms with Gasteiger partial charge in [0.2, 0.25) is 11.1 Å². The maximum atomic E-state index is 12.8. The standard InChI is InChI=1S/C25H27Cl2N5O4S/c1-4-10-36-24(35)15-6-5-7-17(11-15)28-20(33)13-37-25-30-22(31-32-25)21(14(2)3)29-23(34)18-9-8-16(26)12-19(18)27/h5-9,11-12,14,21H,4,10,13H2,1-3H3,(H,28,33)(H,29,34)(H,30,31,32)/t21-/m0/s1. The Balaban J connectivity index is 1.58. The van der Waals surface area contributed by atoms with Crippen molar-refractivity contribution in [3.63, 3.8) is 0 Å². The molecule has 0 aliphatic carbocycles. The van der Waals surface area contributed by atoms with Crippen molar-refractivity contribution in [1.29, 1.82) is 0 Å². The number of thioether (sulfide) groups is 1. The van der Waals surface area contributed by atoms with Crippen molar-refractivity contribution in [2.24, 2.45) is 5.92 Å². The van der Waals surface area contributed by atoms with Crippen LogP contribution in [-0.4, -0.2) is 45.3 Å². The third kappa shape index (κ3) is 8.21. The zero-order chi connectivity index (χ0) is 26.9. The molecule has 3 aromatic rings. The molecule has 9 nitrogen and oxygen atoms in total. The molecule has 0 aliphatic heterocycles. The summed E-state index contributed by atoms with van der Waals surface area (Å²) in [6, 6.07) is 10.7. The maximum absolute atomic E-state index is 12.8. The average Bonchev–Trinajstić information content (AvgIpc) is 3.33. The summed E-state index contributed by atoms with van der Waals surface area (Å²) in [5.41, 5.74) is 1.14. The van der Waals surface area contributed by atoms with Crippen LogP contribution in [0.15, 0.2) is 47.6 Å². The molecule has 0 fully saturated rings. The molecule has 196 valence electrons. The van der Waals surface area contributed by atoms with Crippen molar-refractivity contribution in [2.75, 3.05) is 17.7 Å². The lowest BCUT2D eigenvalue weighted by atomic mass is 10.0. The number of hydrogen-bond donors (Lipinski definition) is 3. The maximum Gasteiger partial charge on any atom is 0.338 e. The fraction of sp³-hybridized carbons (Fsp3) is 0.320. The van der Waals surface area contributed by atoms with Gasteiger partial charge in [-0.25, -0.2) is 9.78 Å². The molecule has 1 heterocycles. The molecule has 0 spiro atoms. The summed E-state index contributed by atoms with van der Waals surface area (Å²) in [6.07, 6.45) is 0.726. The van der Waals surface area contributed by atoms with Gasteiger partial charge in [-0.05, 0) is 48.7 Å². The predicted octanol–water partition coefficient (Wildman–Crippen LogP) is 5.54. The number of aromatic nitrogens is 3. The van der Waals surface area contributed by atoms with E-state index in [1.54, 1.807) is 36.4 Å². The van der Waals surface area contributed by atoms with Crippen molar-refractivity contribution in [2.45, 2.75) is 38.4 Å². The Hall–Kier alpha value is -3.08. The Morgan fingerprint density at radius 3 is 2.62 bits per heavy atom. The molecule has 0 saturated carbocycles. The van der Waals surface area contributed by atoms with Gasteiger partial charge in [-0.2, -0.15) is 0 Å². The van der Waals surface area contributed by atoms with Gasteiger partial charge in [-0.15, -0.1) is 5.10 Å². The number of anilines is 1. The number of rotatable bonds is 11. The summed E-state index contributed by atoms with van der Waals surface area (Å²) < 4.78 is 5.13. The lowest BCUT2D eigenvalue weighted by molar-refractivity contribution is -0.113. The number of ether oxygens (including phenoxy) is 1. The quantitative estimate of drug-likeness (QED) is 0.206. The number of nitrogens with one attached hydrogen (secondary N) is 3. The van der Waals surface area contributed by atoms with Crippen LogP contribution in [0.5, 0.6) is 0 Å². The topological polar surface area (TPSA) is 126 Å². The number of nitrogens with zero attached hydrogens (tertiary/aromatic N) is 2. The highest BCUT2D eigenvalue weighted by Gasteiger charge is 2.24. The molecular formula is C25H27Cl2N5O4S. The Morgan fingerprint density at radius 1 is 1.14 bits per heavy atom. The van der Waals surface area contributed by atoms with E-state index in [1.165, 1.54) is 6.07 Å². The number of hydrogen-bond acceptors (Lipinski definition) is 7. The summed E-state index contributed by atoms with van der Waals surface area (Å²) in [5.74, 6) is -0.616. The van der Waals surface area contributed by atoms with Gasteiger partial charge >= 0.3 is 5.97 Å². The highest BCUT2D eigenvalue weighted by molar-refractivity contribution is 7.99. The van der Waals surface area contributed by atoms with E-state index in [0.29, 0.717) is 39.4 Å². The summed E-state index contributed by atoms with van der Waals surface area (Å²) >= 11 is 13.2. The van der Waals surface area contributed by atoms with Crippen LogP contribution >= 0.6 is 35.0 Å². The second-order valence-electron chi connectivity index (χ2n) is 8.38. The number of benzene rings is 2. The van der Waals surface area contributed by atoms with E-state index >= 15 is 0 Å². The van der Waals surface area contributed by atoms with Gasteiger partial charge in [0.15, 0.2) is 0 Å². The minimum Gasteiger partial charge on any atom is -0.462 e. The fourth-order valence-electron chi connectivity index (χ4n) is 3.23. The Bertz CT molecular complexity index is 1270. The molecule has 12 heteroatoms. The van der Waals surface area contributed by atoms with Gasteiger partial charge in [-0.3, -0.25) is 14.7 Å². The van der Waals surface area contributed by atoms with Crippen LogP contribution in [0, 0.1) is 5.92 Å². The van der Waals surface area contributed by atoms with E-state index in [2.05, 4.69) is 25.8 Å². The van der Waals surface area contributed by atoms with Crippen LogP contribution in [0.3, 0.4) is 0 Å². The lowest BCUT2D eigenvalue weighted by Gasteiger charge is -2.20. The van der Waals surface area contributed by atoms with Crippen molar-refractivity contribution in [1.82, 2.24) is 20.5 Å². The number of aromatic amines is 1. The van der Waals surface area contributed by atoms with E-state index in [1.807, 2.05) is 20.8 Å². The van der Waals surface area contributed by atoms with E-state index in [0.717, 1.165) is 18.2 Å². The summed E-state index contributed by atoms with van der Waals surface area (Å²) in [5, 5.41) is 13.7. The molecule has 1 aromatic heterocycles. The fourth-order valence-corrected chi connectivity index (χ4v) is 4.33. The molecule has 0 saturated heterocycles. The molecule has 0 unspecified atom stereocenters. The molecule has 3 rings (SSSR count). The molecule has 2 amide bonds. The van der Waals surface area contributed by atoms with Gasteiger partial charge in [-0.1, -0.05) is 61.8 Å². The zero-order valence-corrected chi connectivity index (χ0v) is 22.8. The van der Waals surface area contributed by atoms with Crippen LogP contribution in [0.25, 0.3) is 0 Å². The van der Waals surface area contributed by atoms with Gasteiger partial charge in [0.25, 0.3) is 5.91 Å². The van der Waals surface area contributed by atoms with E-state index < -0.39 is 12.0 Å². The molecule has 0 aliphatic rings. The van der Waals surface area contributed by atoms with Gasteiger partial charge < -0.3 is 15.4 Å². The van der Waals surface area contributed by atoms with Crippen molar-refractivity contribution >= 4 is 58.4 Å². The number of esters is 1. The number of H-pyrrole nitrogens is 1. The Kier molecular flexibility index (Phi) is 10.4. The highest BCUT2D eigenvalue weighted by Crippen LogP contribution is 2.25. The molecule has 0 bridgehead atoms. The molecule has 2 aromatic carbocycles. The van der Waals surface area contributed by atoms with Crippen molar-refractivity contribution in [3.8, 4) is 0 Å². The van der Waals surface area contributed by atoms with E-state index in [9.17, 15) is 14.4 Å². The first-order chi connectivity index (χ1) is 17.7. The first-order valence-electron chi connectivity index (χ1n) is 11.6. The third-order valence-electron chi connectivity index (χ3n) is 5.06. The van der Waals surface area contributed by atoms with Crippen LogP contribution in [0.1, 0.15) is 59.8 Å². The van der Waals surface area contributed by atoms with Crippen LogP contribution in [0.4, 0.5) is 5.69 Å². The number of amides is 2. The molecule has 0 radical (unpaired) electrons. The first kappa shape index (κ1) is 28.5. The molecule has 1 atom stereocenters. The zero-order valence-electron chi connectivity index (χ0n) is 20.5. The van der Waals surface area contributed by atoms with E-state index in [-0.39, 0.29) is 28.5 Å². The number of carbonyl (C=O) groups is 3. The van der Waals surface area contributed by atoms with Crippen LogP contribution in [-0.2, 0) is 9.53 Å². The SMILES string of the molecule is CCCOC(=O)c1cccc(NC(=O)CSc2n[nH]c([C@@H](NC(=O)c3ccc(Cl)cc3Cl)C(C)C)n2)c1. The van der Waals surface area contributed by atoms with Gasteiger partial charge in [0.05, 0.1) is 34.6 Å². The van der Waals surface area contributed by atoms with Crippen molar-refractivity contribution in [3.05, 3.63) is 69.5 Å². The predicted molar refractivity (Wildman–Crippen MR) is 144 cm³/mol.